The predicted molar refractivity (Wildman–Crippen MR) is 91.4 cm³/mol. The Balaban J connectivity index is 1.82. The van der Waals surface area contributed by atoms with Crippen molar-refractivity contribution in [2.45, 2.75) is 91.6 Å². The quantitative estimate of drug-likeness (QED) is 0.577. The first-order valence-corrected chi connectivity index (χ1v) is 9.78. The van der Waals surface area contributed by atoms with Crippen molar-refractivity contribution < 1.29 is 4.74 Å². The van der Waals surface area contributed by atoms with Crippen molar-refractivity contribution in [3.05, 3.63) is 0 Å². The molecule has 2 fully saturated rings. The molecule has 0 saturated heterocycles. The molecule has 2 rings (SSSR count). The summed E-state index contributed by atoms with van der Waals surface area (Å²) in [7, 11) is 0. The number of hydrogen-bond donors (Lipinski definition) is 0. The van der Waals surface area contributed by atoms with Crippen LogP contribution in [0.25, 0.3) is 0 Å². The van der Waals surface area contributed by atoms with Crippen LogP contribution in [0.2, 0.25) is 0 Å². The summed E-state index contributed by atoms with van der Waals surface area (Å²) in [5.74, 6) is 4.65. The van der Waals surface area contributed by atoms with Crippen molar-refractivity contribution in [1.29, 1.82) is 0 Å². The van der Waals surface area contributed by atoms with Crippen LogP contribution in [0.4, 0.5) is 0 Å². The van der Waals surface area contributed by atoms with Gasteiger partial charge in [0.05, 0.1) is 6.10 Å². The van der Waals surface area contributed by atoms with E-state index in [1.165, 1.54) is 51.4 Å². The lowest BCUT2D eigenvalue weighted by molar-refractivity contribution is -0.0550. The van der Waals surface area contributed by atoms with Crippen LogP contribution >= 0.6 is 0 Å². The van der Waals surface area contributed by atoms with Gasteiger partial charge in [-0.25, -0.2) is 0 Å². The Labute approximate surface area is 133 Å². The monoisotopic (exact) mass is 294 g/mol. The lowest BCUT2D eigenvalue weighted by Gasteiger charge is -2.45. The molecule has 0 aliphatic heterocycles. The van der Waals surface area contributed by atoms with Crippen molar-refractivity contribution >= 4 is 0 Å². The molecule has 0 heterocycles. The van der Waals surface area contributed by atoms with Crippen LogP contribution in [0, 0.1) is 29.6 Å². The molecule has 2 aliphatic rings. The van der Waals surface area contributed by atoms with Crippen molar-refractivity contribution in [3.8, 4) is 0 Å². The second kappa shape index (κ2) is 8.56. The van der Waals surface area contributed by atoms with Crippen molar-refractivity contribution in [2.75, 3.05) is 6.61 Å². The minimum Gasteiger partial charge on any atom is -0.378 e. The number of ether oxygens (including phenoxy) is 1. The Bertz CT molecular complexity index is 278. The van der Waals surface area contributed by atoms with E-state index in [-0.39, 0.29) is 0 Å². The molecule has 1 heteroatoms. The van der Waals surface area contributed by atoms with Gasteiger partial charge in [0.25, 0.3) is 0 Å². The van der Waals surface area contributed by atoms with Crippen LogP contribution in [0.3, 0.4) is 0 Å². The first-order chi connectivity index (χ1) is 10.2. The molecule has 0 N–H and O–H groups in total. The molecule has 0 aromatic heterocycles. The molecule has 0 aromatic rings. The van der Waals surface area contributed by atoms with E-state index in [0.29, 0.717) is 6.10 Å². The van der Waals surface area contributed by atoms with E-state index in [1.807, 2.05) is 0 Å². The van der Waals surface area contributed by atoms with Gasteiger partial charge in [0.2, 0.25) is 0 Å². The van der Waals surface area contributed by atoms with Gasteiger partial charge in [-0.2, -0.15) is 0 Å². The van der Waals surface area contributed by atoms with Crippen molar-refractivity contribution in [2.24, 2.45) is 29.6 Å². The van der Waals surface area contributed by atoms with Crippen molar-refractivity contribution in [1.82, 2.24) is 0 Å². The van der Waals surface area contributed by atoms with E-state index < -0.39 is 0 Å². The second-order valence-corrected chi connectivity index (χ2v) is 7.94. The van der Waals surface area contributed by atoms with Crippen LogP contribution in [0.1, 0.15) is 85.5 Å². The molecule has 0 spiro atoms. The summed E-state index contributed by atoms with van der Waals surface area (Å²) in [6.07, 6.45) is 13.3. The van der Waals surface area contributed by atoms with E-state index in [4.69, 9.17) is 4.74 Å². The zero-order valence-electron chi connectivity index (χ0n) is 14.9. The highest BCUT2D eigenvalue weighted by Gasteiger charge is 2.39. The Morgan fingerprint density at radius 3 is 2.14 bits per heavy atom. The molecule has 0 amide bonds. The van der Waals surface area contributed by atoms with Crippen LogP contribution in [-0.2, 0) is 4.74 Å². The highest BCUT2D eigenvalue weighted by Crippen LogP contribution is 2.45. The van der Waals surface area contributed by atoms with E-state index in [2.05, 4.69) is 27.7 Å². The highest BCUT2D eigenvalue weighted by atomic mass is 16.5. The third-order valence-electron chi connectivity index (χ3n) is 6.61. The van der Waals surface area contributed by atoms with Crippen LogP contribution < -0.4 is 0 Å². The second-order valence-electron chi connectivity index (χ2n) is 7.94. The fourth-order valence-corrected chi connectivity index (χ4v) is 5.09. The first-order valence-electron chi connectivity index (χ1n) is 9.78. The average Bonchev–Trinajstić information content (AvgIpc) is 2.50. The van der Waals surface area contributed by atoms with Gasteiger partial charge in [-0.3, -0.25) is 0 Å². The molecular weight excluding hydrogens is 256 g/mol. The fourth-order valence-electron chi connectivity index (χ4n) is 5.09. The van der Waals surface area contributed by atoms with E-state index in [9.17, 15) is 0 Å². The lowest BCUT2D eigenvalue weighted by atomic mass is 9.63. The molecule has 4 unspecified atom stereocenters. The van der Waals surface area contributed by atoms with Gasteiger partial charge in [-0.1, -0.05) is 53.4 Å². The van der Waals surface area contributed by atoms with E-state index >= 15 is 0 Å². The fraction of sp³-hybridized carbons (Fsp3) is 1.00. The minimum atomic E-state index is 0.535. The number of hydrogen-bond acceptors (Lipinski definition) is 1. The molecular formula is C20H38O. The Kier molecular flexibility index (Phi) is 7.05. The molecule has 1 nitrogen and oxygen atoms in total. The largest absolute Gasteiger partial charge is 0.378 e. The maximum atomic E-state index is 6.10. The van der Waals surface area contributed by atoms with Crippen LogP contribution in [-0.4, -0.2) is 12.7 Å². The molecule has 21 heavy (non-hydrogen) atoms. The zero-order chi connectivity index (χ0) is 15.2. The summed E-state index contributed by atoms with van der Waals surface area (Å²) in [5, 5.41) is 0. The molecule has 2 aliphatic carbocycles. The van der Waals surface area contributed by atoms with Gasteiger partial charge in [0, 0.05) is 6.61 Å². The lowest BCUT2D eigenvalue weighted by Crippen LogP contribution is -2.40. The number of rotatable bonds is 6. The molecule has 0 radical (unpaired) electrons. The van der Waals surface area contributed by atoms with Gasteiger partial charge < -0.3 is 4.74 Å². The van der Waals surface area contributed by atoms with E-state index in [0.717, 1.165) is 42.6 Å². The van der Waals surface area contributed by atoms with Gasteiger partial charge in [-0.15, -0.1) is 0 Å². The van der Waals surface area contributed by atoms with Crippen LogP contribution in [0.15, 0.2) is 0 Å². The standard InChI is InChI=1S/C20H38O/c1-5-7-17-8-10-18(11-9-17)19-12-13-20(21-14-6-2)16(4)15(19)3/h15-20H,5-14H2,1-4H3. The predicted octanol–water partition coefficient (Wildman–Crippen LogP) is 6.07. The summed E-state index contributed by atoms with van der Waals surface area (Å²) in [6.45, 7) is 10.5. The normalized spacial score (nSPS) is 41.1. The summed E-state index contributed by atoms with van der Waals surface area (Å²) in [6, 6.07) is 0. The maximum absolute atomic E-state index is 6.10. The molecule has 2 saturated carbocycles. The molecule has 0 aromatic carbocycles. The Morgan fingerprint density at radius 1 is 0.810 bits per heavy atom. The third kappa shape index (κ3) is 4.47. The Hall–Kier alpha value is -0.0400. The third-order valence-corrected chi connectivity index (χ3v) is 6.61. The van der Waals surface area contributed by atoms with Gasteiger partial charge in [0.1, 0.15) is 0 Å². The summed E-state index contributed by atoms with van der Waals surface area (Å²) in [4.78, 5) is 0. The SMILES string of the molecule is CCCOC1CCC(C2CCC(CCC)CC2)C(C)C1C. The summed E-state index contributed by atoms with van der Waals surface area (Å²) < 4.78 is 6.10. The van der Waals surface area contributed by atoms with E-state index in [1.54, 1.807) is 0 Å². The van der Waals surface area contributed by atoms with Gasteiger partial charge in [0.15, 0.2) is 0 Å². The van der Waals surface area contributed by atoms with Crippen molar-refractivity contribution in [3.63, 3.8) is 0 Å². The first kappa shape index (κ1) is 17.3. The molecule has 4 atom stereocenters. The average molecular weight is 295 g/mol. The van der Waals surface area contributed by atoms with Gasteiger partial charge in [-0.05, 0) is 61.7 Å². The Morgan fingerprint density at radius 2 is 1.52 bits per heavy atom. The summed E-state index contributed by atoms with van der Waals surface area (Å²) in [5.41, 5.74) is 0. The van der Waals surface area contributed by atoms with Crippen LogP contribution in [0.5, 0.6) is 0 Å². The molecule has 124 valence electrons. The summed E-state index contributed by atoms with van der Waals surface area (Å²) >= 11 is 0. The highest BCUT2D eigenvalue weighted by molar-refractivity contribution is 4.89. The van der Waals surface area contributed by atoms with Gasteiger partial charge >= 0.3 is 0 Å². The zero-order valence-corrected chi connectivity index (χ0v) is 14.9. The maximum Gasteiger partial charge on any atom is 0.0603 e. The smallest absolute Gasteiger partial charge is 0.0603 e. The topological polar surface area (TPSA) is 9.23 Å². The minimum absolute atomic E-state index is 0.535. The molecule has 0 bridgehead atoms.